The normalized spacial score (nSPS) is 20.8. The lowest BCUT2D eigenvalue weighted by Crippen LogP contribution is -2.27. The lowest BCUT2D eigenvalue weighted by Gasteiger charge is -2.16. The van der Waals surface area contributed by atoms with Crippen LogP contribution in [0.4, 0.5) is 0 Å². The summed E-state index contributed by atoms with van der Waals surface area (Å²) in [7, 11) is 0. The number of fused-ring (bicyclic) bond motifs is 1. The van der Waals surface area contributed by atoms with Crippen molar-refractivity contribution >= 4 is 0 Å². The Balaban J connectivity index is 2.01. The van der Waals surface area contributed by atoms with Crippen LogP contribution in [0.3, 0.4) is 0 Å². The van der Waals surface area contributed by atoms with Gasteiger partial charge in [-0.3, -0.25) is 0 Å². The quantitative estimate of drug-likeness (QED) is 0.815. The summed E-state index contributed by atoms with van der Waals surface area (Å²) >= 11 is 0. The fourth-order valence-electron chi connectivity index (χ4n) is 2.28. The number of nitrogens with one attached hydrogen (secondary N) is 1. The van der Waals surface area contributed by atoms with Gasteiger partial charge < -0.3 is 10.1 Å². The van der Waals surface area contributed by atoms with Crippen molar-refractivity contribution in [2.24, 2.45) is 0 Å². The van der Waals surface area contributed by atoms with Crippen LogP contribution in [-0.2, 0) is 0 Å². The Morgan fingerprint density at radius 2 is 2.27 bits per heavy atom. The molecule has 1 heterocycles. The third-order valence-electron chi connectivity index (χ3n) is 2.99. The molecule has 2 heteroatoms. The molecule has 0 aromatic heterocycles. The molecule has 1 aromatic carbocycles. The van der Waals surface area contributed by atoms with Crippen LogP contribution in [0.25, 0.3) is 0 Å². The summed E-state index contributed by atoms with van der Waals surface area (Å²) in [6.45, 7) is 6.27. The predicted octanol–water partition coefficient (Wildman–Crippen LogP) is 2.55. The monoisotopic (exact) mass is 205 g/mol. The molecule has 1 aliphatic rings. The Morgan fingerprint density at radius 3 is 3.07 bits per heavy atom. The summed E-state index contributed by atoms with van der Waals surface area (Å²) in [5, 5.41) is 3.45. The molecule has 15 heavy (non-hydrogen) atoms. The molecular formula is C13H19NO. The van der Waals surface area contributed by atoms with Crippen LogP contribution in [0.2, 0.25) is 0 Å². The van der Waals surface area contributed by atoms with Gasteiger partial charge in [-0.25, -0.2) is 0 Å². The Hall–Kier alpha value is -1.02. The van der Waals surface area contributed by atoms with Gasteiger partial charge in [0, 0.05) is 17.5 Å². The average Bonchev–Trinajstić information content (AvgIpc) is 2.62. The second-order valence-corrected chi connectivity index (χ2v) is 4.24. The third kappa shape index (κ3) is 2.32. The molecular weight excluding hydrogens is 186 g/mol. The average molecular weight is 205 g/mol. The van der Waals surface area contributed by atoms with Gasteiger partial charge in [0.15, 0.2) is 0 Å². The van der Waals surface area contributed by atoms with Gasteiger partial charge in [-0.1, -0.05) is 25.1 Å². The van der Waals surface area contributed by atoms with Gasteiger partial charge in [0.1, 0.15) is 5.75 Å². The molecule has 2 atom stereocenters. The Bertz CT molecular complexity index is 324. The minimum Gasteiger partial charge on any atom is -0.493 e. The molecule has 82 valence electrons. The van der Waals surface area contributed by atoms with Gasteiger partial charge in [-0.15, -0.1) is 0 Å². The predicted molar refractivity (Wildman–Crippen MR) is 62.4 cm³/mol. The molecule has 0 fully saturated rings. The number of para-hydroxylation sites is 1. The summed E-state index contributed by atoms with van der Waals surface area (Å²) in [5.41, 5.74) is 1.38. The van der Waals surface area contributed by atoms with Gasteiger partial charge in [-0.05, 0) is 26.0 Å². The Labute approximate surface area is 91.6 Å². The number of benzene rings is 1. The van der Waals surface area contributed by atoms with E-state index < -0.39 is 0 Å². The number of ether oxygens (including phenoxy) is 1. The van der Waals surface area contributed by atoms with Crippen LogP contribution in [0, 0.1) is 0 Å². The summed E-state index contributed by atoms with van der Waals surface area (Å²) in [6, 6.07) is 8.95. The highest BCUT2D eigenvalue weighted by Crippen LogP contribution is 2.35. The minimum absolute atomic E-state index is 0.565. The van der Waals surface area contributed by atoms with Gasteiger partial charge in [0.2, 0.25) is 0 Å². The first-order chi connectivity index (χ1) is 7.31. The van der Waals surface area contributed by atoms with Crippen molar-refractivity contribution in [2.75, 3.05) is 13.2 Å². The van der Waals surface area contributed by atoms with Crippen molar-refractivity contribution in [3.63, 3.8) is 0 Å². The van der Waals surface area contributed by atoms with E-state index >= 15 is 0 Å². The van der Waals surface area contributed by atoms with Crippen molar-refractivity contribution in [3.05, 3.63) is 29.8 Å². The second kappa shape index (κ2) is 4.67. The standard InChI is InChI=1S/C13H19NO/c1-3-14-10(2)8-11-9-15-13-7-5-4-6-12(11)13/h4-7,10-11,14H,3,8-9H2,1-2H3. The first-order valence-electron chi connectivity index (χ1n) is 5.76. The molecule has 1 aromatic rings. The van der Waals surface area contributed by atoms with E-state index in [2.05, 4.69) is 37.4 Å². The molecule has 0 spiro atoms. The molecule has 2 rings (SSSR count). The first-order valence-corrected chi connectivity index (χ1v) is 5.76. The molecule has 1 aliphatic heterocycles. The lowest BCUT2D eigenvalue weighted by molar-refractivity contribution is 0.314. The van der Waals surface area contributed by atoms with Crippen molar-refractivity contribution in [2.45, 2.75) is 32.2 Å². The van der Waals surface area contributed by atoms with Crippen molar-refractivity contribution < 1.29 is 4.74 Å². The van der Waals surface area contributed by atoms with Gasteiger partial charge in [0.05, 0.1) is 6.61 Å². The topological polar surface area (TPSA) is 21.3 Å². The van der Waals surface area contributed by atoms with Crippen LogP contribution in [0.1, 0.15) is 31.7 Å². The summed E-state index contributed by atoms with van der Waals surface area (Å²) in [6.07, 6.45) is 1.16. The molecule has 2 nitrogen and oxygen atoms in total. The van der Waals surface area contributed by atoms with Crippen molar-refractivity contribution in [1.82, 2.24) is 5.32 Å². The SMILES string of the molecule is CCNC(C)CC1COc2ccccc21. The number of rotatable bonds is 4. The maximum absolute atomic E-state index is 5.66. The zero-order valence-corrected chi connectivity index (χ0v) is 9.49. The fraction of sp³-hybridized carbons (Fsp3) is 0.538. The molecule has 0 aliphatic carbocycles. The van der Waals surface area contributed by atoms with Crippen LogP contribution in [0.15, 0.2) is 24.3 Å². The van der Waals surface area contributed by atoms with E-state index in [9.17, 15) is 0 Å². The highest BCUT2D eigenvalue weighted by atomic mass is 16.5. The molecule has 1 N–H and O–H groups in total. The smallest absolute Gasteiger partial charge is 0.122 e. The molecule has 2 unspecified atom stereocenters. The van der Waals surface area contributed by atoms with Gasteiger partial charge >= 0.3 is 0 Å². The van der Waals surface area contributed by atoms with E-state index in [-0.39, 0.29) is 0 Å². The van der Waals surface area contributed by atoms with Crippen LogP contribution >= 0.6 is 0 Å². The highest BCUT2D eigenvalue weighted by Gasteiger charge is 2.24. The summed E-state index contributed by atoms with van der Waals surface area (Å²) in [4.78, 5) is 0. The van der Waals surface area contributed by atoms with Crippen molar-refractivity contribution in [3.8, 4) is 5.75 Å². The highest BCUT2D eigenvalue weighted by molar-refractivity contribution is 5.39. The molecule has 0 bridgehead atoms. The van der Waals surface area contributed by atoms with E-state index in [1.165, 1.54) is 5.56 Å². The van der Waals surface area contributed by atoms with Gasteiger partial charge in [-0.2, -0.15) is 0 Å². The third-order valence-corrected chi connectivity index (χ3v) is 2.99. The number of hydrogen-bond donors (Lipinski definition) is 1. The van der Waals surface area contributed by atoms with Crippen LogP contribution < -0.4 is 10.1 Å². The van der Waals surface area contributed by atoms with E-state index in [1.54, 1.807) is 0 Å². The Kier molecular flexibility index (Phi) is 3.27. The minimum atomic E-state index is 0.565. The fourth-order valence-corrected chi connectivity index (χ4v) is 2.28. The molecule has 0 radical (unpaired) electrons. The maximum Gasteiger partial charge on any atom is 0.122 e. The first kappa shape index (κ1) is 10.5. The zero-order chi connectivity index (χ0) is 10.7. The van der Waals surface area contributed by atoms with E-state index in [1.807, 2.05) is 6.07 Å². The lowest BCUT2D eigenvalue weighted by atomic mass is 9.94. The maximum atomic E-state index is 5.66. The number of hydrogen-bond acceptors (Lipinski definition) is 2. The second-order valence-electron chi connectivity index (χ2n) is 4.24. The molecule has 0 saturated carbocycles. The van der Waals surface area contributed by atoms with Crippen molar-refractivity contribution in [1.29, 1.82) is 0 Å². The van der Waals surface area contributed by atoms with Gasteiger partial charge in [0.25, 0.3) is 0 Å². The van der Waals surface area contributed by atoms with E-state index in [4.69, 9.17) is 4.74 Å². The van der Waals surface area contributed by atoms with Crippen LogP contribution in [0.5, 0.6) is 5.75 Å². The van der Waals surface area contributed by atoms with E-state index in [0.29, 0.717) is 12.0 Å². The zero-order valence-electron chi connectivity index (χ0n) is 9.49. The Morgan fingerprint density at radius 1 is 1.47 bits per heavy atom. The molecule has 0 saturated heterocycles. The largest absolute Gasteiger partial charge is 0.493 e. The summed E-state index contributed by atoms with van der Waals surface area (Å²) < 4.78 is 5.66. The van der Waals surface area contributed by atoms with E-state index in [0.717, 1.165) is 25.3 Å². The summed E-state index contributed by atoms with van der Waals surface area (Å²) in [5.74, 6) is 1.64. The van der Waals surface area contributed by atoms with Crippen LogP contribution in [-0.4, -0.2) is 19.2 Å². The molecule has 0 amide bonds.